The van der Waals surface area contributed by atoms with Crippen molar-refractivity contribution in [2.24, 2.45) is 0 Å². The summed E-state index contributed by atoms with van der Waals surface area (Å²) in [5.74, 6) is 0.255. The number of ether oxygens (including phenoxy) is 1. The van der Waals surface area contributed by atoms with E-state index in [0.29, 0.717) is 17.1 Å². The van der Waals surface area contributed by atoms with E-state index in [1.807, 2.05) is 17.5 Å². The zero-order chi connectivity index (χ0) is 16.4. The SMILES string of the molecule is Nc1ccc2c(c1)N(CC(O)CO)C(=O)/C(=C\c1cccs1)O2. The largest absolute Gasteiger partial charge is 0.449 e. The van der Waals surface area contributed by atoms with Crippen molar-refractivity contribution in [1.29, 1.82) is 0 Å². The van der Waals surface area contributed by atoms with Gasteiger partial charge in [0.05, 0.1) is 24.9 Å². The number of β-amino-alcohol motifs (C(OH)–C–C–N with tert-alkyl or cyclic N) is 1. The number of thiophene rings is 1. The lowest BCUT2D eigenvalue weighted by atomic mass is 10.1. The van der Waals surface area contributed by atoms with Gasteiger partial charge in [-0.25, -0.2) is 0 Å². The minimum atomic E-state index is -1.05. The van der Waals surface area contributed by atoms with Gasteiger partial charge in [-0.2, -0.15) is 0 Å². The Bertz CT molecular complexity index is 743. The Morgan fingerprint density at radius 1 is 1.39 bits per heavy atom. The van der Waals surface area contributed by atoms with Gasteiger partial charge in [-0.1, -0.05) is 6.07 Å². The van der Waals surface area contributed by atoms with Crippen LogP contribution in [0.25, 0.3) is 6.08 Å². The molecule has 120 valence electrons. The molecule has 6 nitrogen and oxygen atoms in total. The summed E-state index contributed by atoms with van der Waals surface area (Å²) < 4.78 is 5.69. The third-order valence-corrected chi connectivity index (χ3v) is 4.19. The Labute approximate surface area is 137 Å². The van der Waals surface area contributed by atoms with Crippen molar-refractivity contribution in [1.82, 2.24) is 0 Å². The molecule has 1 unspecified atom stereocenters. The number of nitrogens with two attached hydrogens (primary N) is 1. The van der Waals surface area contributed by atoms with Gasteiger partial charge in [0.15, 0.2) is 11.5 Å². The van der Waals surface area contributed by atoms with Crippen molar-refractivity contribution < 1.29 is 19.7 Å². The maximum absolute atomic E-state index is 12.7. The van der Waals surface area contributed by atoms with Gasteiger partial charge < -0.3 is 20.7 Å². The molecule has 0 saturated heterocycles. The number of fused-ring (bicyclic) bond motifs is 1. The second-order valence-electron chi connectivity index (χ2n) is 5.11. The lowest BCUT2D eigenvalue weighted by Gasteiger charge is -2.31. The summed E-state index contributed by atoms with van der Waals surface area (Å²) in [6.07, 6.45) is 0.610. The van der Waals surface area contributed by atoms with Gasteiger partial charge in [0.1, 0.15) is 0 Å². The Morgan fingerprint density at radius 3 is 2.91 bits per heavy atom. The molecule has 0 saturated carbocycles. The highest BCUT2D eigenvalue weighted by Gasteiger charge is 2.31. The van der Waals surface area contributed by atoms with Gasteiger partial charge in [0.2, 0.25) is 0 Å². The highest BCUT2D eigenvalue weighted by Crippen LogP contribution is 2.37. The van der Waals surface area contributed by atoms with E-state index >= 15 is 0 Å². The molecule has 1 atom stereocenters. The summed E-state index contributed by atoms with van der Waals surface area (Å²) in [6, 6.07) is 8.72. The van der Waals surface area contributed by atoms with Crippen molar-refractivity contribution in [3.63, 3.8) is 0 Å². The van der Waals surface area contributed by atoms with Crippen LogP contribution in [0.15, 0.2) is 41.5 Å². The molecule has 0 bridgehead atoms. The van der Waals surface area contributed by atoms with E-state index in [4.69, 9.17) is 15.6 Å². The van der Waals surface area contributed by atoms with Gasteiger partial charge in [-0.15, -0.1) is 11.3 Å². The fraction of sp³-hybridized carbons (Fsp3) is 0.188. The zero-order valence-electron chi connectivity index (χ0n) is 12.2. The molecule has 2 heterocycles. The molecular weight excluding hydrogens is 316 g/mol. The summed E-state index contributed by atoms with van der Waals surface area (Å²) >= 11 is 1.49. The summed E-state index contributed by atoms with van der Waals surface area (Å²) in [4.78, 5) is 14.9. The number of amides is 1. The number of carbonyl (C=O) groups excluding carboxylic acids is 1. The maximum Gasteiger partial charge on any atom is 0.294 e. The average molecular weight is 332 g/mol. The average Bonchev–Trinajstić information content (AvgIpc) is 3.04. The number of anilines is 2. The molecule has 3 rings (SSSR count). The van der Waals surface area contributed by atoms with Gasteiger partial charge in [0.25, 0.3) is 5.91 Å². The lowest BCUT2D eigenvalue weighted by molar-refractivity contribution is -0.118. The van der Waals surface area contributed by atoms with E-state index in [2.05, 4.69) is 0 Å². The highest BCUT2D eigenvalue weighted by molar-refractivity contribution is 7.10. The standard InChI is InChI=1S/C16H16N2O4S/c17-10-3-4-14-13(6-10)18(8-11(20)9-19)16(21)15(22-14)7-12-2-1-5-23-12/h1-7,11,19-20H,8-9,17H2/b15-7+. The van der Waals surface area contributed by atoms with Crippen LogP contribution < -0.4 is 15.4 Å². The summed E-state index contributed by atoms with van der Waals surface area (Å²) in [6.45, 7) is -0.483. The van der Waals surface area contributed by atoms with Crippen molar-refractivity contribution in [3.8, 4) is 5.75 Å². The minimum absolute atomic E-state index is 0.0447. The van der Waals surface area contributed by atoms with Crippen LogP contribution in [0, 0.1) is 0 Å². The highest BCUT2D eigenvalue weighted by atomic mass is 32.1. The molecule has 0 fully saturated rings. The number of benzene rings is 1. The van der Waals surface area contributed by atoms with Crippen molar-refractivity contribution in [3.05, 3.63) is 46.3 Å². The van der Waals surface area contributed by atoms with Gasteiger partial charge in [0, 0.05) is 16.6 Å². The quantitative estimate of drug-likeness (QED) is 0.582. The Hall–Kier alpha value is -2.35. The van der Waals surface area contributed by atoms with Crippen LogP contribution in [0.5, 0.6) is 5.75 Å². The van der Waals surface area contributed by atoms with E-state index in [1.165, 1.54) is 16.2 Å². The number of carbonyl (C=O) groups is 1. The lowest BCUT2D eigenvalue weighted by Crippen LogP contribution is -2.43. The molecule has 2 aromatic rings. The zero-order valence-corrected chi connectivity index (χ0v) is 13.0. The molecule has 0 spiro atoms. The summed E-state index contributed by atoms with van der Waals surface area (Å²) in [7, 11) is 0. The van der Waals surface area contributed by atoms with Crippen LogP contribution in [0.3, 0.4) is 0 Å². The number of aliphatic hydroxyl groups is 2. The molecule has 0 aliphatic carbocycles. The summed E-state index contributed by atoms with van der Waals surface area (Å²) in [5.41, 5.74) is 6.74. The van der Waals surface area contributed by atoms with Crippen molar-refractivity contribution in [2.45, 2.75) is 6.10 Å². The van der Waals surface area contributed by atoms with E-state index in [0.717, 1.165) is 4.88 Å². The Morgan fingerprint density at radius 2 is 2.22 bits per heavy atom. The fourth-order valence-electron chi connectivity index (χ4n) is 2.28. The molecule has 0 radical (unpaired) electrons. The van der Waals surface area contributed by atoms with E-state index in [9.17, 15) is 9.90 Å². The number of nitrogens with zero attached hydrogens (tertiary/aromatic N) is 1. The van der Waals surface area contributed by atoms with Gasteiger partial charge >= 0.3 is 0 Å². The molecular formula is C16H16N2O4S. The van der Waals surface area contributed by atoms with E-state index in [1.54, 1.807) is 24.3 Å². The fourth-order valence-corrected chi connectivity index (χ4v) is 2.93. The third-order valence-electron chi connectivity index (χ3n) is 3.37. The molecule has 4 N–H and O–H groups in total. The predicted molar refractivity (Wildman–Crippen MR) is 89.2 cm³/mol. The van der Waals surface area contributed by atoms with E-state index < -0.39 is 12.7 Å². The number of nitrogen functional groups attached to an aromatic ring is 1. The van der Waals surface area contributed by atoms with Gasteiger partial charge in [-0.05, 0) is 29.6 Å². The normalized spacial score (nSPS) is 17.0. The summed E-state index contributed by atoms with van der Waals surface area (Å²) in [5, 5.41) is 20.7. The Kier molecular flexibility index (Phi) is 4.33. The maximum atomic E-state index is 12.7. The molecule has 1 aromatic carbocycles. The molecule has 1 aliphatic rings. The van der Waals surface area contributed by atoms with Crippen LogP contribution in [0.2, 0.25) is 0 Å². The molecule has 1 aliphatic heterocycles. The topological polar surface area (TPSA) is 96.0 Å². The first-order valence-electron chi connectivity index (χ1n) is 7.02. The van der Waals surface area contributed by atoms with Crippen LogP contribution >= 0.6 is 11.3 Å². The van der Waals surface area contributed by atoms with Crippen LogP contribution in [-0.2, 0) is 4.79 Å². The molecule has 1 aromatic heterocycles. The number of hydrogen-bond acceptors (Lipinski definition) is 6. The van der Waals surface area contributed by atoms with Crippen LogP contribution in [0.1, 0.15) is 4.88 Å². The second kappa shape index (κ2) is 6.41. The first-order chi connectivity index (χ1) is 11.1. The van der Waals surface area contributed by atoms with E-state index in [-0.39, 0.29) is 18.2 Å². The van der Waals surface area contributed by atoms with Crippen molar-refractivity contribution in [2.75, 3.05) is 23.8 Å². The molecule has 1 amide bonds. The third kappa shape index (κ3) is 3.21. The first kappa shape index (κ1) is 15.5. The van der Waals surface area contributed by atoms with Gasteiger partial charge in [-0.3, -0.25) is 9.69 Å². The second-order valence-corrected chi connectivity index (χ2v) is 6.08. The minimum Gasteiger partial charge on any atom is -0.449 e. The van der Waals surface area contributed by atoms with Crippen LogP contribution in [0.4, 0.5) is 11.4 Å². The Balaban J connectivity index is 2.02. The monoisotopic (exact) mass is 332 g/mol. The van der Waals surface area contributed by atoms with Crippen LogP contribution in [-0.4, -0.2) is 35.4 Å². The van der Waals surface area contributed by atoms with Crippen molar-refractivity contribution >= 4 is 34.7 Å². The first-order valence-corrected chi connectivity index (χ1v) is 7.90. The molecule has 7 heteroatoms. The number of rotatable bonds is 4. The number of hydrogen-bond donors (Lipinski definition) is 3. The predicted octanol–water partition coefficient (Wildman–Crippen LogP) is 1.45. The molecule has 23 heavy (non-hydrogen) atoms. The smallest absolute Gasteiger partial charge is 0.294 e. The number of aliphatic hydroxyl groups excluding tert-OH is 2.